The van der Waals surface area contributed by atoms with E-state index in [9.17, 15) is 4.79 Å². The third-order valence-corrected chi connectivity index (χ3v) is 7.64. The first-order valence-corrected chi connectivity index (χ1v) is 9.84. The van der Waals surface area contributed by atoms with Crippen molar-refractivity contribution in [1.29, 1.82) is 0 Å². The normalized spacial score (nSPS) is 29.1. The van der Waals surface area contributed by atoms with Gasteiger partial charge in [-0.2, -0.15) is 0 Å². The first-order valence-electron chi connectivity index (χ1n) is 9.84. The summed E-state index contributed by atoms with van der Waals surface area (Å²) in [4.78, 5) is 13.4. The smallest absolute Gasteiger partial charge is 0.232 e. The lowest BCUT2D eigenvalue weighted by Crippen LogP contribution is -2.48. The first kappa shape index (κ1) is 17.3. The summed E-state index contributed by atoms with van der Waals surface area (Å²) < 4.78 is 0. The molecular weight excluding hydrogens is 318 g/mol. The predicted octanol–water partition coefficient (Wildman–Crippen LogP) is 5.15. The van der Waals surface area contributed by atoms with Gasteiger partial charge >= 0.3 is 0 Å². The highest BCUT2D eigenvalue weighted by atomic mass is 16.2. The van der Waals surface area contributed by atoms with Crippen molar-refractivity contribution in [3.63, 3.8) is 0 Å². The number of carbonyl (C=O) groups is 1. The van der Waals surface area contributed by atoms with E-state index >= 15 is 0 Å². The van der Waals surface area contributed by atoms with Gasteiger partial charge in [0.25, 0.3) is 0 Å². The van der Waals surface area contributed by atoms with Gasteiger partial charge in [0.15, 0.2) is 0 Å². The van der Waals surface area contributed by atoms with Crippen LogP contribution in [0.2, 0.25) is 0 Å². The van der Waals surface area contributed by atoms with E-state index in [1.807, 2.05) is 36.4 Å². The first-order chi connectivity index (χ1) is 12.4. The minimum absolute atomic E-state index is 0.136. The Hall–Kier alpha value is -2.09. The van der Waals surface area contributed by atoms with Crippen molar-refractivity contribution in [3.8, 4) is 0 Å². The van der Waals surface area contributed by atoms with Gasteiger partial charge in [-0.1, -0.05) is 81.4 Å². The number of hydrogen-bond acceptors (Lipinski definition) is 1. The maximum absolute atomic E-state index is 13.4. The van der Waals surface area contributed by atoms with Gasteiger partial charge in [-0.15, -0.1) is 0 Å². The zero-order chi connectivity index (χ0) is 18.4. The second kappa shape index (κ2) is 6.26. The van der Waals surface area contributed by atoms with Crippen LogP contribution in [0.25, 0.3) is 0 Å². The number of nitrogens with one attached hydrogen (secondary N) is 1. The molecule has 2 saturated carbocycles. The molecule has 2 heteroatoms. The summed E-state index contributed by atoms with van der Waals surface area (Å²) in [6.07, 6.45) is 3.64. The fourth-order valence-electron chi connectivity index (χ4n) is 5.46. The number of amides is 1. The summed E-state index contributed by atoms with van der Waals surface area (Å²) in [5, 5.41) is 3.46. The topological polar surface area (TPSA) is 29.1 Å². The number of rotatable bonds is 4. The zero-order valence-electron chi connectivity index (χ0n) is 16.0. The van der Waals surface area contributed by atoms with Crippen LogP contribution < -0.4 is 5.32 Å². The minimum atomic E-state index is -0.247. The SMILES string of the molecule is CC1(C)[C@@H]2CC[C@@]1(C)[C@@H](NC(=O)C(c1ccccc1)c1ccccc1)C2. The fraction of sp³-hybridized carbons (Fsp3) is 0.458. The van der Waals surface area contributed by atoms with E-state index in [4.69, 9.17) is 0 Å². The maximum Gasteiger partial charge on any atom is 0.232 e. The van der Waals surface area contributed by atoms with E-state index < -0.39 is 0 Å². The lowest BCUT2D eigenvalue weighted by molar-refractivity contribution is -0.123. The second-order valence-corrected chi connectivity index (χ2v) is 8.93. The Morgan fingerprint density at radius 1 is 0.962 bits per heavy atom. The van der Waals surface area contributed by atoms with Crippen LogP contribution in [0.4, 0.5) is 0 Å². The van der Waals surface area contributed by atoms with Crippen molar-refractivity contribution < 1.29 is 4.79 Å². The molecule has 1 amide bonds. The molecule has 0 unspecified atom stereocenters. The summed E-state index contributed by atoms with van der Waals surface area (Å²) in [7, 11) is 0. The van der Waals surface area contributed by atoms with Crippen LogP contribution in [0.3, 0.4) is 0 Å². The van der Waals surface area contributed by atoms with E-state index in [0.717, 1.165) is 23.5 Å². The Kier molecular flexibility index (Phi) is 4.17. The molecular formula is C24H29NO. The molecule has 2 nitrogen and oxygen atoms in total. The van der Waals surface area contributed by atoms with Crippen molar-refractivity contribution in [1.82, 2.24) is 5.32 Å². The third kappa shape index (κ3) is 2.58. The molecule has 0 spiro atoms. The Bertz CT molecular complexity index is 743. The van der Waals surface area contributed by atoms with E-state index in [1.54, 1.807) is 0 Å². The number of fused-ring (bicyclic) bond motifs is 2. The van der Waals surface area contributed by atoms with Gasteiger partial charge in [0.2, 0.25) is 5.91 Å². The molecule has 2 aromatic rings. The zero-order valence-corrected chi connectivity index (χ0v) is 16.0. The molecule has 3 atom stereocenters. The summed E-state index contributed by atoms with van der Waals surface area (Å²) >= 11 is 0. The van der Waals surface area contributed by atoms with Crippen LogP contribution in [-0.2, 0) is 4.79 Å². The van der Waals surface area contributed by atoms with Crippen molar-refractivity contribution >= 4 is 5.91 Å². The molecule has 26 heavy (non-hydrogen) atoms. The van der Waals surface area contributed by atoms with Gasteiger partial charge in [0, 0.05) is 6.04 Å². The lowest BCUT2D eigenvalue weighted by atomic mass is 9.69. The van der Waals surface area contributed by atoms with Gasteiger partial charge in [0.05, 0.1) is 5.92 Å². The summed E-state index contributed by atoms with van der Waals surface area (Å²) in [5.74, 6) is 0.616. The monoisotopic (exact) mass is 347 g/mol. The Morgan fingerprint density at radius 2 is 1.50 bits per heavy atom. The average Bonchev–Trinajstić information content (AvgIpc) is 2.97. The van der Waals surface area contributed by atoms with Crippen molar-refractivity contribution in [2.24, 2.45) is 16.7 Å². The Labute approximate surface area is 157 Å². The van der Waals surface area contributed by atoms with Gasteiger partial charge in [-0.25, -0.2) is 0 Å². The molecule has 2 fully saturated rings. The molecule has 0 saturated heterocycles. The molecule has 2 aliphatic carbocycles. The molecule has 1 N–H and O–H groups in total. The maximum atomic E-state index is 13.4. The predicted molar refractivity (Wildman–Crippen MR) is 106 cm³/mol. The van der Waals surface area contributed by atoms with E-state index in [-0.39, 0.29) is 23.3 Å². The van der Waals surface area contributed by atoms with Crippen LogP contribution >= 0.6 is 0 Å². The molecule has 2 aromatic carbocycles. The standard InChI is InChI=1S/C24H29NO/c1-23(2)19-14-15-24(23,3)20(16-19)25-22(26)21(17-10-6-4-7-11-17)18-12-8-5-9-13-18/h4-13,19-21H,14-16H2,1-3H3,(H,25,26)/t19-,20+,24+/m1/s1. The third-order valence-electron chi connectivity index (χ3n) is 7.64. The summed E-state index contributed by atoms with van der Waals surface area (Å²) in [6.45, 7) is 7.16. The number of carbonyl (C=O) groups excluding carboxylic acids is 1. The second-order valence-electron chi connectivity index (χ2n) is 8.93. The average molecular weight is 348 g/mol. The van der Waals surface area contributed by atoms with Crippen molar-refractivity contribution in [3.05, 3.63) is 71.8 Å². The molecule has 0 radical (unpaired) electrons. The van der Waals surface area contributed by atoms with E-state index in [0.29, 0.717) is 5.41 Å². The molecule has 2 bridgehead atoms. The number of hydrogen-bond donors (Lipinski definition) is 1. The highest BCUT2D eigenvalue weighted by Crippen LogP contribution is 2.65. The van der Waals surface area contributed by atoms with Crippen LogP contribution in [0.15, 0.2) is 60.7 Å². The molecule has 136 valence electrons. The fourth-order valence-corrected chi connectivity index (χ4v) is 5.46. The summed E-state index contributed by atoms with van der Waals surface area (Å²) in [5.41, 5.74) is 2.62. The highest BCUT2D eigenvalue weighted by Gasteiger charge is 2.61. The van der Waals surface area contributed by atoms with Gasteiger partial charge in [0.1, 0.15) is 0 Å². The largest absolute Gasteiger partial charge is 0.352 e. The van der Waals surface area contributed by atoms with Gasteiger partial charge in [-0.05, 0) is 47.1 Å². The molecule has 4 rings (SSSR count). The molecule has 2 aliphatic rings. The minimum Gasteiger partial charge on any atom is -0.352 e. The van der Waals surface area contributed by atoms with Crippen molar-refractivity contribution in [2.75, 3.05) is 0 Å². The van der Waals surface area contributed by atoms with Gasteiger partial charge in [-0.3, -0.25) is 4.79 Å². The quantitative estimate of drug-likeness (QED) is 0.814. The molecule has 0 aliphatic heterocycles. The van der Waals surface area contributed by atoms with Crippen LogP contribution in [0.5, 0.6) is 0 Å². The van der Waals surface area contributed by atoms with Crippen LogP contribution in [0, 0.1) is 16.7 Å². The lowest BCUT2D eigenvalue weighted by Gasteiger charge is -2.40. The Morgan fingerprint density at radius 3 is 1.92 bits per heavy atom. The highest BCUT2D eigenvalue weighted by molar-refractivity contribution is 5.87. The summed E-state index contributed by atoms with van der Waals surface area (Å²) in [6, 6.07) is 20.6. The van der Waals surface area contributed by atoms with Crippen molar-refractivity contribution in [2.45, 2.75) is 52.0 Å². The van der Waals surface area contributed by atoms with Crippen LogP contribution in [-0.4, -0.2) is 11.9 Å². The van der Waals surface area contributed by atoms with Gasteiger partial charge < -0.3 is 5.32 Å². The number of benzene rings is 2. The van der Waals surface area contributed by atoms with Crippen LogP contribution in [0.1, 0.15) is 57.1 Å². The molecule has 0 aromatic heterocycles. The Balaban J connectivity index is 1.63. The van der Waals surface area contributed by atoms with E-state index in [2.05, 4.69) is 50.4 Å². The van der Waals surface area contributed by atoms with E-state index in [1.165, 1.54) is 12.8 Å². The molecule has 0 heterocycles.